The summed E-state index contributed by atoms with van der Waals surface area (Å²) in [5, 5.41) is 6.91. The van der Waals surface area contributed by atoms with Crippen molar-refractivity contribution < 1.29 is 0 Å². The molecular formula is C19H40IN5. The van der Waals surface area contributed by atoms with Gasteiger partial charge in [-0.1, -0.05) is 13.8 Å². The number of guanidine groups is 1. The summed E-state index contributed by atoms with van der Waals surface area (Å²) >= 11 is 0. The lowest BCUT2D eigenvalue weighted by Gasteiger charge is -2.30. The zero-order valence-electron chi connectivity index (χ0n) is 16.6. The lowest BCUT2D eigenvalue weighted by atomic mass is 10.0. The minimum atomic E-state index is 0. The Morgan fingerprint density at radius 1 is 1.12 bits per heavy atom. The van der Waals surface area contributed by atoms with Crippen LogP contribution in [-0.4, -0.2) is 74.2 Å². The number of nitrogens with zero attached hydrogens (tertiary/aromatic N) is 3. The van der Waals surface area contributed by atoms with Crippen molar-refractivity contribution in [3.05, 3.63) is 0 Å². The first-order chi connectivity index (χ1) is 11.7. The molecule has 2 rings (SSSR count). The summed E-state index contributed by atoms with van der Waals surface area (Å²) in [6.45, 7) is 15.8. The fourth-order valence-corrected chi connectivity index (χ4v) is 4.06. The van der Waals surface area contributed by atoms with Crippen LogP contribution < -0.4 is 10.6 Å². The maximum absolute atomic E-state index is 4.83. The Labute approximate surface area is 172 Å². The SMILES string of the molecule is CCNC(=NCC1CCCN1CC)NCCCN1CCCC(C)C1.I. The van der Waals surface area contributed by atoms with Crippen LogP contribution >= 0.6 is 24.0 Å². The molecule has 0 saturated carbocycles. The van der Waals surface area contributed by atoms with E-state index >= 15 is 0 Å². The van der Waals surface area contributed by atoms with E-state index in [1.807, 2.05) is 0 Å². The van der Waals surface area contributed by atoms with Gasteiger partial charge in [-0.15, -0.1) is 24.0 Å². The molecule has 25 heavy (non-hydrogen) atoms. The van der Waals surface area contributed by atoms with Gasteiger partial charge >= 0.3 is 0 Å². The quantitative estimate of drug-likeness (QED) is 0.251. The van der Waals surface area contributed by atoms with Crippen LogP contribution in [0.15, 0.2) is 4.99 Å². The third-order valence-electron chi connectivity index (χ3n) is 5.39. The Morgan fingerprint density at radius 2 is 1.92 bits per heavy atom. The smallest absolute Gasteiger partial charge is 0.191 e. The number of hydrogen-bond acceptors (Lipinski definition) is 3. The Morgan fingerprint density at radius 3 is 2.64 bits per heavy atom. The van der Waals surface area contributed by atoms with E-state index in [0.29, 0.717) is 6.04 Å². The van der Waals surface area contributed by atoms with E-state index in [2.05, 4.69) is 41.2 Å². The molecule has 0 aromatic rings. The first-order valence-electron chi connectivity index (χ1n) is 10.2. The molecule has 2 saturated heterocycles. The molecule has 0 aliphatic carbocycles. The van der Waals surface area contributed by atoms with Crippen LogP contribution in [0.3, 0.4) is 0 Å². The highest BCUT2D eigenvalue weighted by atomic mass is 127. The normalized spacial score (nSPS) is 25.6. The predicted octanol–water partition coefficient (Wildman–Crippen LogP) is 2.77. The minimum absolute atomic E-state index is 0. The largest absolute Gasteiger partial charge is 0.357 e. The molecule has 0 radical (unpaired) electrons. The van der Waals surface area contributed by atoms with Crippen molar-refractivity contribution in [2.45, 2.75) is 58.9 Å². The Kier molecular flexibility index (Phi) is 12.1. The maximum atomic E-state index is 4.83. The molecule has 5 nitrogen and oxygen atoms in total. The maximum Gasteiger partial charge on any atom is 0.191 e. The monoisotopic (exact) mass is 465 g/mol. The van der Waals surface area contributed by atoms with Gasteiger partial charge in [0.15, 0.2) is 5.96 Å². The van der Waals surface area contributed by atoms with Gasteiger partial charge in [0.2, 0.25) is 0 Å². The van der Waals surface area contributed by atoms with Crippen LogP contribution in [-0.2, 0) is 0 Å². The van der Waals surface area contributed by atoms with Gasteiger partial charge in [0.05, 0.1) is 6.54 Å². The van der Waals surface area contributed by atoms with Crippen molar-refractivity contribution in [1.29, 1.82) is 0 Å². The molecule has 6 heteroatoms. The van der Waals surface area contributed by atoms with E-state index in [1.54, 1.807) is 0 Å². The average Bonchev–Trinajstić information content (AvgIpc) is 3.04. The Balaban J connectivity index is 0.00000312. The third kappa shape index (κ3) is 8.43. The summed E-state index contributed by atoms with van der Waals surface area (Å²) < 4.78 is 0. The van der Waals surface area contributed by atoms with E-state index in [1.165, 1.54) is 58.3 Å². The minimum Gasteiger partial charge on any atom is -0.357 e. The van der Waals surface area contributed by atoms with Gasteiger partial charge in [-0.2, -0.15) is 0 Å². The second-order valence-electron chi connectivity index (χ2n) is 7.47. The van der Waals surface area contributed by atoms with Crippen molar-refractivity contribution >= 4 is 29.9 Å². The molecule has 0 spiro atoms. The fourth-order valence-electron chi connectivity index (χ4n) is 4.06. The standard InChI is InChI=1S/C19H39N5.HI/c1-4-20-19(22-15-18-10-7-14-24(18)5-2)21-11-8-13-23-12-6-9-17(3)16-23;/h17-18H,4-16H2,1-3H3,(H2,20,21,22);1H. The zero-order chi connectivity index (χ0) is 17.2. The van der Waals surface area contributed by atoms with Crippen molar-refractivity contribution in [1.82, 2.24) is 20.4 Å². The summed E-state index contributed by atoms with van der Waals surface area (Å²) in [7, 11) is 0. The second-order valence-corrected chi connectivity index (χ2v) is 7.47. The van der Waals surface area contributed by atoms with Crippen molar-refractivity contribution in [3.8, 4) is 0 Å². The van der Waals surface area contributed by atoms with E-state index in [0.717, 1.165) is 38.1 Å². The van der Waals surface area contributed by atoms with Gasteiger partial charge in [0.1, 0.15) is 0 Å². The van der Waals surface area contributed by atoms with Gasteiger partial charge in [-0.25, -0.2) is 0 Å². The van der Waals surface area contributed by atoms with Crippen molar-refractivity contribution in [2.75, 3.05) is 52.4 Å². The number of likely N-dealkylation sites (N-methyl/N-ethyl adjacent to an activating group) is 1. The molecule has 2 N–H and O–H groups in total. The molecule has 2 aliphatic heterocycles. The van der Waals surface area contributed by atoms with Gasteiger partial charge in [0, 0.05) is 25.7 Å². The van der Waals surface area contributed by atoms with Crippen LogP contribution in [0.4, 0.5) is 0 Å². The van der Waals surface area contributed by atoms with Gasteiger partial charge in [-0.3, -0.25) is 9.89 Å². The van der Waals surface area contributed by atoms with Crippen LogP contribution in [0.25, 0.3) is 0 Å². The van der Waals surface area contributed by atoms with E-state index in [9.17, 15) is 0 Å². The predicted molar refractivity (Wildman–Crippen MR) is 119 cm³/mol. The van der Waals surface area contributed by atoms with Crippen LogP contribution in [0.5, 0.6) is 0 Å². The van der Waals surface area contributed by atoms with Crippen LogP contribution in [0, 0.1) is 5.92 Å². The number of nitrogens with one attached hydrogen (secondary N) is 2. The van der Waals surface area contributed by atoms with E-state index < -0.39 is 0 Å². The molecule has 2 aliphatic rings. The molecule has 0 aromatic carbocycles. The molecular weight excluding hydrogens is 425 g/mol. The summed E-state index contributed by atoms with van der Waals surface area (Å²) in [5.41, 5.74) is 0. The van der Waals surface area contributed by atoms with E-state index in [4.69, 9.17) is 4.99 Å². The summed E-state index contributed by atoms with van der Waals surface area (Å²) in [6, 6.07) is 0.639. The second kappa shape index (κ2) is 13.1. The van der Waals surface area contributed by atoms with Crippen LogP contribution in [0.2, 0.25) is 0 Å². The van der Waals surface area contributed by atoms with Crippen molar-refractivity contribution in [3.63, 3.8) is 0 Å². The van der Waals surface area contributed by atoms with Gasteiger partial charge in [0.25, 0.3) is 0 Å². The van der Waals surface area contributed by atoms with Crippen LogP contribution in [0.1, 0.15) is 52.9 Å². The number of hydrogen-bond donors (Lipinski definition) is 2. The van der Waals surface area contributed by atoms with Gasteiger partial charge in [-0.05, 0) is 71.1 Å². The molecule has 0 amide bonds. The number of aliphatic imine (C=N–C) groups is 1. The number of piperidine rings is 1. The topological polar surface area (TPSA) is 42.9 Å². The molecule has 2 heterocycles. The molecule has 2 atom stereocenters. The number of rotatable bonds is 8. The zero-order valence-corrected chi connectivity index (χ0v) is 18.9. The highest BCUT2D eigenvalue weighted by Crippen LogP contribution is 2.16. The molecule has 148 valence electrons. The fraction of sp³-hybridized carbons (Fsp3) is 0.947. The number of halogens is 1. The highest BCUT2D eigenvalue weighted by Gasteiger charge is 2.22. The molecule has 2 fully saturated rings. The average molecular weight is 465 g/mol. The molecule has 2 unspecified atom stereocenters. The van der Waals surface area contributed by atoms with Crippen molar-refractivity contribution in [2.24, 2.45) is 10.9 Å². The summed E-state index contributed by atoms with van der Waals surface area (Å²) in [6.07, 6.45) is 6.59. The van der Waals surface area contributed by atoms with E-state index in [-0.39, 0.29) is 24.0 Å². The summed E-state index contributed by atoms with van der Waals surface area (Å²) in [4.78, 5) is 10.0. The van der Waals surface area contributed by atoms with Gasteiger partial charge < -0.3 is 15.5 Å². The lowest BCUT2D eigenvalue weighted by molar-refractivity contribution is 0.182. The Bertz CT molecular complexity index is 377. The molecule has 0 aromatic heterocycles. The highest BCUT2D eigenvalue weighted by molar-refractivity contribution is 14.0. The lowest BCUT2D eigenvalue weighted by Crippen LogP contribution is -2.41. The molecule has 0 bridgehead atoms. The Hall–Kier alpha value is -0.0800. The first kappa shape index (κ1) is 23.0. The summed E-state index contributed by atoms with van der Waals surface area (Å²) in [5.74, 6) is 1.87. The number of likely N-dealkylation sites (tertiary alicyclic amines) is 2. The first-order valence-corrected chi connectivity index (χ1v) is 10.2. The third-order valence-corrected chi connectivity index (χ3v) is 5.39.